The standard InChI is InChI=1S/C14H17N5O2/c15-12-8-10(19(20)21)6-7-11(12)14-16-13(17-18-14)9-4-2-1-3-5-9/h6-9H,1-5,15H2,(H,16,17,18). The number of nitrogens with zero attached hydrogens (tertiary/aromatic N) is 3. The summed E-state index contributed by atoms with van der Waals surface area (Å²) in [7, 11) is 0. The first kappa shape index (κ1) is 13.5. The van der Waals surface area contributed by atoms with Crippen molar-refractivity contribution in [1.29, 1.82) is 0 Å². The number of hydrogen-bond donors (Lipinski definition) is 2. The SMILES string of the molecule is Nc1cc([N+](=O)[O-])ccc1-c1n[nH]c(C2CCCCC2)n1. The summed E-state index contributed by atoms with van der Waals surface area (Å²) in [6, 6.07) is 4.36. The maximum absolute atomic E-state index is 10.7. The van der Waals surface area contributed by atoms with Gasteiger partial charge in [-0.2, -0.15) is 5.10 Å². The van der Waals surface area contributed by atoms with Crippen molar-refractivity contribution in [2.24, 2.45) is 0 Å². The average Bonchev–Trinajstić information content (AvgIpc) is 2.97. The van der Waals surface area contributed by atoms with Crippen LogP contribution < -0.4 is 5.73 Å². The molecule has 3 N–H and O–H groups in total. The van der Waals surface area contributed by atoms with E-state index in [9.17, 15) is 10.1 Å². The van der Waals surface area contributed by atoms with Crippen molar-refractivity contribution >= 4 is 11.4 Å². The summed E-state index contributed by atoms with van der Waals surface area (Å²) in [4.78, 5) is 14.8. The molecule has 1 aromatic carbocycles. The number of anilines is 1. The number of benzene rings is 1. The van der Waals surface area contributed by atoms with Crippen LogP contribution >= 0.6 is 0 Å². The number of H-pyrrole nitrogens is 1. The van der Waals surface area contributed by atoms with Gasteiger partial charge < -0.3 is 5.73 Å². The van der Waals surface area contributed by atoms with Gasteiger partial charge in [0.1, 0.15) is 5.82 Å². The summed E-state index contributed by atoms with van der Waals surface area (Å²) >= 11 is 0. The third kappa shape index (κ3) is 2.72. The molecule has 21 heavy (non-hydrogen) atoms. The molecule has 0 saturated heterocycles. The van der Waals surface area contributed by atoms with E-state index in [1.165, 1.54) is 31.4 Å². The molecule has 7 nitrogen and oxygen atoms in total. The van der Waals surface area contributed by atoms with Gasteiger partial charge in [0.05, 0.1) is 4.92 Å². The zero-order valence-electron chi connectivity index (χ0n) is 11.6. The molecule has 1 aliphatic carbocycles. The third-order valence-electron chi connectivity index (χ3n) is 3.98. The quantitative estimate of drug-likeness (QED) is 0.512. The van der Waals surface area contributed by atoms with Crippen molar-refractivity contribution in [2.75, 3.05) is 5.73 Å². The molecule has 7 heteroatoms. The van der Waals surface area contributed by atoms with Gasteiger partial charge in [0.2, 0.25) is 0 Å². The monoisotopic (exact) mass is 287 g/mol. The number of aromatic amines is 1. The van der Waals surface area contributed by atoms with Gasteiger partial charge in [0.15, 0.2) is 5.82 Å². The van der Waals surface area contributed by atoms with Gasteiger partial charge in [0, 0.05) is 29.3 Å². The lowest BCUT2D eigenvalue weighted by atomic mass is 9.89. The number of nitrogens with two attached hydrogens (primary N) is 1. The Bertz CT molecular complexity index is 661. The van der Waals surface area contributed by atoms with Gasteiger partial charge in [-0.05, 0) is 18.9 Å². The Morgan fingerprint density at radius 3 is 2.71 bits per heavy atom. The predicted octanol–water partition coefficient (Wildman–Crippen LogP) is 3.01. The number of aromatic nitrogens is 3. The molecule has 2 aromatic rings. The molecule has 0 unspecified atom stereocenters. The van der Waals surface area contributed by atoms with E-state index in [4.69, 9.17) is 5.73 Å². The molecule has 0 amide bonds. The lowest BCUT2D eigenvalue weighted by Gasteiger charge is -2.18. The summed E-state index contributed by atoms with van der Waals surface area (Å²) in [5.41, 5.74) is 6.79. The fourth-order valence-electron chi connectivity index (χ4n) is 2.82. The summed E-state index contributed by atoms with van der Waals surface area (Å²) in [5.74, 6) is 1.82. The Labute approximate surface area is 121 Å². The highest BCUT2D eigenvalue weighted by Gasteiger charge is 2.20. The minimum atomic E-state index is -0.467. The van der Waals surface area contributed by atoms with Crippen molar-refractivity contribution in [1.82, 2.24) is 15.2 Å². The van der Waals surface area contributed by atoms with Crippen LogP contribution in [0.4, 0.5) is 11.4 Å². The molecular weight excluding hydrogens is 270 g/mol. The van der Waals surface area contributed by atoms with Gasteiger partial charge in [0.25, 0.3) is 5.69 Å². The Hall–Kier alpha value is -2.44. The largest absolute Gasteiger partial charge is 0.398 e. The number of hydrogen-bond acceptors (Lipinski definition) is 5. The first-order chi connectivity index (χ1) is 10.1. The molecule has 1 aromatic heterocycles. The summed E-state index contributed by atoms with van der Waals surface area (Å²) in [6.45, 7) is 0. The number of nitrogens with one attached hydrogen (secondary N) is 1. The number of non-ortho nitro benzene ring substituents is 1. The molecule has 0 radical (unpaired) electrons. The lowest BCUT2D eigenvalue weighted by molar-refractivity contribution is -0.384. The van der Waals surface area contributed by atoms with Crippen LogP contribution in [-0.4, -0.2) is 20.1 Å². The number of nitro groups is 1. The van der Waals surface area contributed by atoms with Crippen molar-refractivity contribution in [3.63, 3.8) is 0 Å². The molecule has 3 rings (SSSR count). The fraction of sp³-hybridized carbons (Fsp3) is 0.429. The molecule has 0 atom stereocenters. The second-order valence-corrected chi connectivity index (χ2v) is 5.41. The predicted molar refractivity (Wildman–Crippen MR) is 78.7 cm³/mol. The van der Waals surface area contributed by atoms with E-state index in [1.807, 2.05) is 0 Å². The van der Waals surface area contributed by atoms with Crippen LogP contribution in [0.2, 0.25) is 0 Å². The normalized spacial score (nSPS) is 16.0. The van der Waals surface area contributed by atoms with Crippen molar-refractivity contribution in [2.45, 2.75) is 38.0 Å². The number of nitro benzene ring substituents is 1. The molecular formula is C14H17N5O2. The molecule has 1 fully saturated rings. The molecule has 0 bridgehead atoms. The van der Waals surface area contributed by atoms with Crippen LogP contribution in [0.25, 0.3) is 11.4 Å². The zero-order chi connectivity index (χ0) is 14.8. The maximum atomic E-state index is 10.7. The van der Waals surface area contributed by atoms with Crippen LogP contribution in [0.1, 0.15) is 43.8 Å². The molecule has 110 valence electrons. The smallest absolute Gasteiger partial charge is 0.271 e. The Morgan fingerprint density at radius 2 is 2.05 bits per heavy atom. The molecule has 1 aliphatic rings. The Balaban J connectivity index is 1.87. The summed E-state index contributed by atoms with van der Waals surface area (Å²) in [6.07, 6.45) is 5.99. The first-order valence-electron chi connectivity index (χ1n) is 7.12. The molecule has 0 aliphatic heterocycles. The second-order valence-electron chi connectivity index (χ2n) is 5.41. The van der Waals surface area contributed by atoms with Gasteiger partial charge in [-0.1, -0.05) is 19.3 Å². The summed E-state index contributed by atoms with van der Waals surface area (Å²) < 4.78 is 0. The minimum absolute atomic E-state index is 0.0284. The summed E-state index contributed by atoms with van der Waals surface area (Å²) in [5, 5.41) is 17.9. The number of nitrogen functional groups attached to an aromatic ring is 1. The van der Waals surface area contributed by atoms with Crippen molar-refractivity contribution in [3.05, 3.63) is 34.1 Å². The van der Waals surface area contributed by atoms with E-state index in [-0.39, 0.29) is 5.69 Å². The maximum Gasteiger partial charge on any atom is 0.271 e. The molecule has 0 spiro atoms. The fourth-order valence-corrected chi connectivity index (χ4v) is 2.82. The molecule has 1 heterocycles. The van der Waals surface area contributed by atoms with E-state index < -0.39 is 4.92 Å². The van der Waals surface area contributed by atoms with E-state index in [1.54, 1.807) is 6.07 Å². The van der Waals surface area contributed by atoms with Gasteiger partial charge >= 0.3 is 0 Å². The number of rotatable bonds is 3. The van der Waals surface area contributed by atoms with Gasteiger partial charge in [-0.25, -0.2) is 4.98 Å². The average molecular weight is 287 g/mol. The zero-order valence-corrected chi connectivity index (χ0v) is 11.6. The minimum Gasteiger partial charge on any atom is -0.398 e. The molecule has 1 saturated carbocycles. The highest BCUT2D eigenvalue weighted by molar-refractivity contribution is 5.73. The van der Waals surface area contributed by atoms with Crippen LogP contribution in [0, 0.1) is 10.1 Å². The van der Waals surface area contributed by atoms with Crippen LogP contribution in [0.5, 0.6) is 0 Å². The van der Waals surface area contributed by atoms with Crippen LogP contribution in [-0.2, 0) is 0 Å². The first-order valence-corrected chi connectivity index (χ1v) is 7.12. The van der Waals surface area contributed by atoms with Crippen LogP contribution in [0.3, 0.4) is 0 Å². The van der Waals surface area contributed by atoms with Crippen molar-refractivity contribution < 1.29 is 4.92 Å². The van der Waals surface area contributed by atoms with Gasteiger partial charge in [-0.15, -0.1) is 0 Å². The van der Waals surface area contributed by atoms with E-state index in [2.05, 4.69) is 15.2 Å². The van der Waals surface area contributed by atoms with E-state index in [0.29, 0.717) is 23.0 Å². The Kier molecular flexibility index (Phi) is 3.55. The highest BCUT2D eigenvalue weighted by Crippen LogP contribution is 2.32. The van der Waals surface area contributed by atoms with Gasteiger partial charge in [-0.3, -0.25) is 15.2 Å². The van der Waals surface area contributed by atoms with Crippen LogP contribution in [0.15, 0.2) is 18.2 Å². The second kappa shape index (κ2) is 5.51. The Morgan fingerprint density at radius 1 is 1.29 bits per heavy atom. The highest BCUT2D eigenvalue weighted by atomic mass is 16.6. The lowest BCUT2D eigenvalue weighted by Crippen LogP contribution is -2.06. The van der Waals surface area contributed by atoms with E-state index >= 15 is 0 Å². The topological polar surface area (TPSA) is 111 Å². The third-order valence-corrected chi connectivity index (χ3v) is 3.98. The van der Waals surface area contributed by atoms with Crippen molar-refractivity contribution in [3.8, 4) is 11.4 Å². The van der Waals surface area contributed by atoms with E-state index in [0.717, 1.165) is 18.7 Å².